The van der Waals surface area contributed by atoms with E-state index < -0.39 is 0 Å². The van der Waals surface area contributed by atoms with Crippen molar-refractivity contribution in [2.24, 2.45) is 5.73 Å². The predicted molar refractivity (Wildman–Crippen MR) is 63.4 cm³/mol. The van der Waals surface area contributed by atoms with E-state index in [0.717, 1.165) is 32.3 Å². The number of aromatic nitrogens is 2. The van der Waals surface area contributed by atoms with Gasteiger partial charge in [0.2, 0.25) is 5.89 Å². The maximum Gasteiger partial charge on any atom is 0.226 e. The average molecular weight is 239 g/mol. The average Bonchev–Trinajstić information content (AvgIpc) is 2.85. The monoisotopic (exact) mass is 239 g/mol. The molecule has 2 rings (SSSR count). The third-order valence-electron chi connectivity index (χ3n) is 3.21. The van der Waals surface area contributed by atoms with Crippen molar-refractivity contribution in [3.8, 4) is 0 Å². The number of hydrogen-bond acceptors (Lipinski definition) is 5. The summed E-state index contributed by atoms with van der Waals surface area (Å²) in [7, 11) is 0. The summed E-state index contributed by atoms with van der Waals surface area (Å²) in [5, 5.41) is 3.90. The van der Waals surface area contributed by atoms with E-state index in [0.29, 0.717) is 17.8 Å². The quantitative estimate of drug-likeness (QED) is 0.850. The maximum atomic E-state index is 5.84. The van der Waals surface area contributed by atoms with Gasteiger partial charge in [0, 0.05) is 13.0 Å². The van der Waals surface area contributed by atoms with Crippen LogP contribution in [0.5, 0.6) is 0 Å². The molecule has 1 aromatic heterocycles. The van der Waals surface area contributed by atoms with E-state index in [2.05, 4.69) is 10.1 Å². The zero-order chi connectivity index (χ0) is 12.1. The topological polar surface area (TPSA) is 74.2 Å². The fourth-order valence-corrected chi connectivity index (χ4v) is 2.02. The summed E-state index contributed by atoms with van der Waals surface area (Å²) in [6.45, 7) is 2.90. The van der Waals surface area contributed by atoms with Crippen molar-refractivity contribution >= 4 is 0 Å². The molecule has 5 heteroatoms. The molecule has 1 aliphatic rings. The van der Waals surface area contributed by atoms with Gasteiger partial charge in [0.05, 0.1) is 12.1 Å². The smallest absolute Gasteiger partial charge is 0.226 e. The Morgan fingerprint density at radius 2 is 2.35 bits per heavy atom. The van der Waals surface area contributed by atoms with Crippen molar-refractivity contribution in [1.29, 1.82) is 0 Å². The van der Waals surface area contributed by atoms with Crippen molar-refractivity contribution in [1.82, 2.24) is 10.1 Å². The highest BCUT2D eigenvalue weighted by molar-refractivity contribution is 4.92. The second kappa shape index (κ2) is 6.12. The van der Waals surface area contributed by atoms with Crippen LogP contribution in [0.4, 0.5) is 0 Å². The van der Waals surface area contributed by atoms with E-state index in [1.165, 1.54) is 12.8 Å². The third-order valence-corrected chi connectivity index (χ3v) is 3.21. The molecule has 2 atom stereocenters. The zero-order valence-electron chi connectivity index (χ0n) is 10.4. The van der Waals surface area contributed by atoms with Crippen LogP contribution < -0.4 is 5.73 Å². The van der Waals surface area contributed by atoms with E-state index in [1.54, 1.807) is 0 Å². The van der Waals surface area contributed by atoms with Gasteiger partial charge in [0.1, 0.15) is 0 Å². The molecule has 2 N–H and O–H groups in total. The van der Waals surface area contributed by atoms with E-state index in [1.807, 2.05) is 6.92 Å². The van der Waals surface area contributed by atoms with Gasteiger partial charge in [-0.1, -0.05) is 12.1 Å². The summed E-state index contributed by atoms with van der Waals surface area (Å²) in [6.07, 6.45) is 6.53. The molecule has 0 aromatic carbocycles. The number of ether oxygens (including phenoxy) is 1. The van der Waals surface area contributed by atoms with Crippen LogP contribution in [0.3, 0.4) is 0 Å². The summed E-state index contributed by atoms with van der Waals surface area (Å²) < 4.78 is 10.8. The van der Waals surface area contributed by atoms with Crippen LogP contribution in [0.25, 0.3) is 0 Å². The molecular weight excluding hydrogens is 218 g/mol. The summed E-state index contributed by atoms with van der Waals surface area (Å²) >= 11 is 0. The van der Waals surface area contributed by atoms with Crippen molar-refractivity contribution < 1.29 is 9.26 Å². The highest BCUT2D eigenvalue weighted by Gasteiger charge is 2.17. The lowest BCUT2D eigenvalue weighted by molar-refractivity contribution is 0.0104. The molecule has 1 aromatic rings. The van der Waals surface area contributed by atoms with Gasteiger partial charge in [-0.2, -0.15) is 4.98 Å². The zero-order valence-corrected chi connectivity index (χ0v) is 10.4. The Morgan fingerprint density at radius 3 is 3.06 bits per heavy atom. The third kappa shape index (κ3) is 3.51. The molecule has 0 spiro atoms. The Hall–Kier alpha value is -0.940. The van der Waals surface area contributed by atoms with Crippen LogP contribution in [0, 0.1) is 0 Å². The van der Waals surface area contributed by atoms with Gasteiger partial charge in [-0.3, -0.25) is 0 Å². The molecule has 0 bridgehead atoms. The van der Waals surface area contributed by atoms with Gasteiger partial charge in [-0.05, 0) is 32.1 Å². The first-order valence-corrected chi connectivity index (χ1v) is 6.49. The molecule has 1 fully saturated rings. The summed E-state index contributed by atoms with van der Waals surface area (Å²) in [5.74, 6) is 1.30. The van der Waals surface area contributed by atoms with Crippen LogP contribution in [-0.4, -0.2) is 22.9 Å². The van der Waals surface area contributed by atoms with Crippen LogP contribution in [0.2, 0.25) is 0 Å². The molecule has 0 amide bonds. The molecule has 2 unspecified atom stereocenters. The van der Waals surface area contributed by atoms with Gasteiger partial charge in [-0.15, -0.1) is 0 Å². The molecule has 1 aliphatic heterocycles. The Morgan fingerprint density at radius 1 is 1.47 bits per heavy atom. The van der Waals surface area contributed by atoms with Crippen molar-refractivity contribution in [2.75, 3.05) is 6.61 Å². The van der Waals surface area contributed by atoms with Crippen molar-refractivity contribution in [3.05, 3.63) is 11.7 Å². The lowest BCUT2D eigenvalue weighted by Crippen LogP contribution is -2.19. The van der Waals surface area contributed by atoms with Gasteiger partial charge in [0.15, 0.2) is 5.82 Å². The Labute approximate surface area is 102 Å². The molecular formula is C12H21N3O2. The molecule has 5 nitrogen and oxygen atoms in total. The normalized spacial score (nSPS) is 22.6. The minimum Gasteiger partial charge on any atom is -0.378 e. The molecule has 0 saturated carbocycles. The number of aryl methyl sites for hydroxylation is 1. The van der Waals surface area contributed by atoms with Gasteiger partial charge < -0.3 is 15.0 Å². The van der Waals surface area contributed by atoms with Gasteiger partial charge in [0.25, 0.3) is 0 Å². The lowest BCUT2D eigenvalue weighted by Gasteiger charge is -2.21. The van der Waals surface area contributed by atoms with E-state index in [9.17, 15) is 0 Å². The van der Waals surface area contributed by atoms with E-state index >= 15 is 0 Å². The van der Waals surface area contributed by atoms with Crippen molar-refractivity contribution in [3.63, 3.8) is 0 Å². The summed E-state index contributed by atoms with van der Waals surface area (Å²) in [6, 6.07) is -0.113. The standard InChI is InChI=1S/C12H21N3O2/c1-2-10(13)12-14-11(17-15-12)7-6-9-5-3-4-8-16-9/h9-10H,2-8,13H2,1H3. The summed E-state index contributed by atoms with van der Waals surface area (Å²) in [4.78, 5) is 4.31. The minimum absolute atomic E-state index is 0.113. The van der Waals surface area contributed by atoms with Crippen LogP contribution in [0.1, 0.15) is 56.8 Å². The highest BCUT2D eigenvalue weighted by Crippen LogP contribution is 2.18. The largest absolute Gasteiger partial charge is 0.378 e. The molecule has 17 heavy (non-hydrogen) atoms. The fraction of sp³-hybridized carbons (Fsp3) is 0.833. The first-order valence-electron chi connectivity index (χ1n) is 6.49. The number of hydrogen-bond donors (Lipinski definition) is 1. The first kappa shape index (κ1) is 12.5. The lowest BCUT2D eigenvalue weighted by atomic mass is 10.0. The number of nitrogens with two attached hydrogens (primary N) is 1. The maximum absolute atomic E-state index is 5.84. The van der Waals surface area contributed by atoms with Crippen LogP contribution in [-0.2, 0) is 11.2 Å². The fourth-order valence-electron chi connectivity index (χ4n) is 2.02. The highest BCUT2D eigenvalue weighted by atomic mass is 16.5. The Balaban J connectivity index is 1.80. The summed E-state index contributed by atoms with van der Waals surface area (Å²) in [5.41, 5.74) is 5.84. The van der Waals surface area contributed by atoms with E-state index in [4.69, 9.17) is 15.0 Å². The van der Waals surface area contributed by atoms with E-state index in [-0.39, 0.29) is 6.04 Å². The molecule has 96 valence electrons. The molecule has 2 heterocycles. The predicted octanol–water partition coefficient (Wildman–Crippen LogP) is 1.98. The number of rotatable bonds is 5. The van der Waals surface area contributed by atoms with Crippen LogP contribution >= 0.6 is 0 Å². The second-order valence-electron chi connectivity index (χ2n) is 4.59. The second-order valence-corrected chi connectivity index (χ2v) is 4.59. The minimum atomic E-state index is -0.113. The Bertz CT molecular complexity index is 334. The van der Waals surface area contributed by atoms with Crippen LogP contribution in [0.15, 0.2) is 4.52 Å². The van der Waals surface area contributed by atoms with Gasteiger partial charge >= 0.3 is 0 Å². The van der Waals surface area contributed by atoms with Gasteiger partial charge in [-0.25, -0.2) is 0 Å². The van der Waals surface area contributed by atoms with Crippen molar-refractivity contribution in [2.45, 2.75) is 57.6 Å². The molecule has 0 radical (unpaired) electrons. The number of nitrogens with zero attached hydrogens (tertiary/aromatic N) is 2. The molecule has 1 saturated heterocycles. The first-order chi connectivity index (χ1) is 8.29. The SMILES string of the molecule is CCC(N)c1noc(CCC2CCCCO2)n1. The molecule has 0 aliphatic carbocycles. The Kier molecular flexibility index (Phi) is 4.50.